The van der Waals surface area contributed by atoms with E-state index in [4.69, 9.17) is 33.5 Å². The van der Waals surface area contributed by atoms with Crippen LogP contribution in [-0.4, -0.2) is 89.7 Å². The molecule has 0 unspecified atom stereocenters. The van der Waals surface area contributed by atoms with E-state index in [1.165, 1.54) is 18.2 Å². The Balaban J connectivity index is 1.57. The molecule has 0 spiro atoms. The molecule has 0 aliphatic carbocycles. The number of hydrogen-bond acceptors (Lipinski definition) is 8. The summed E-state index contributed by atoms with van der Waals surface area (Å²) in [5.74, 6) is -0.628. The van der Waals surface area contributed by atoms with Gasteiger partial charge in [-0.05, 0) is 12.1 Å². The number of carbonyl (C=O) groups is 1. The van der Waals surface area contributed by atoms with Crippen LogP contribution in [0.15, 0.2) is 54.6 Å². The molecule has 0 radical (unpaired) electrons. The average molecular weight is 499 g/mol. The zero-order chi connectivity index (χ0) is 25.2. The van der Waals surface area contributed by atoms with Crippen molar-refractivity contribution in [1.82, 2.24) is 0 Å². The predicted molar refractivity (Wildman–Crippen MR) is 123 cm³/mol. The highest BCUT2D eigenvalue weighted by Crippen LogP contribution is 2.27. The molecule has 0 bridgehead atoms. The second-order valence-corrected chi connectivity index (χ2v) is 7.16. The van der Waals surface area contributed by atoms with Gasteiger partial charge in [0.15, 0.2) is 12.4 Å². The Labute approximate surface area is 203 Å². The quantitative estimate of drug-likeness (QED) is 0.220. The summed E-state index contributed by atoms with van der Waals surface area (Å²) in [6, 6.07) is 14.2. The first kappa shape index (κ1) is 28.8. The predicted octanol–water partition coefficient (Wildman–Crippen LogP) is 2.96. The summed E-state index contributed by atoms with van der Waals surface area (Å²) in [5.41, 5.74) is 0.419. The summed E-state index contributed by atoms with van der Waals surface area (Å²) >= 11 is 0. The monoisotopic (exact) mass is 498 g/mol. The van der Waals surface area contributed by atoms with Crippen LogP contribution in [0.25, 0.3) is 0 Å². The molecule has 0 saturated heterocycles. The second-order valence-electron chi connectivity index (χ2n) is 7.16. The number of benzene rings is 2. The first-order chi connectivity index (χ1) is 17.0. The Bertz CT molecular complexity index is 835. The highest BCUT2D eigenvalue weighted by Gasteiger charge is 2.33. The van der Waals surface area contributed by atoms with E-state index in [0.717, 1.165) is 0 Å². The molecule has 0 aliphatic rings. The third-order valence-electron chi connectivity index (χ3n) is 4.42. The van der Waals surface area contributed by atoms with Crippen LogP contribution in [0.4, 0.5) is 8.78 Å². The molecule has 0 atom stereocenters. The first-order valence-corrected chi connectivity index (χ1v) is 11.3. The molecular formula is C25H32F2O8. The van der Waals surface area contributed by atoms with Crippen molar-refractivity contribution < 1.29 is 47.1 Å². The van der Waals surface area contributed by atoms with Gasteiger partial charge in [-0.2, -0.15) is 8.78 Å². The van der Waals surface area contributed by atoms with Crippen LogP contribution in [0.3, 0.4) is 0 Å². The fourth-order valence-corrected chi connectivity index (χ4v) is 2.81. The lowest BCUT2D eigenvalue weighted by Gasteiger charge is -2.19. The standard InChI is InChI=1S/C25H32F2O8/c26-25(27,20-34-19-18-33-17-16-32-15-14-31-13-12-30-11-10-28)35-23-9-5-4-8-22(23)24(29)21-6-2-1-3-7-21/h1-9,28H,10-20H2. The number of aliphatic hydroxyl groups excluding tert-OH is 1. The number of carbonyl (C=O) groups excluding carboxylic acids is 1. The normalized spacial score (nSPS) is 11.5. The van der Waals surface area contributed by atoms with Crippen LogP contribution in [-0.2, 0) is 23.7 Å². The van der Waals surface area contributed by atoms with Crippen molar-refractivity contribution in [2.24, 2.45) is 0 Å². The number of ether oxygens (including phenoxy) is 6. The zero-order valence-corrected chi connectivity index (χ0v) is 19.5. The van der Waals surface area contributed by atoms with Crippen molar-refractivity contribution in [1.29, 1.82) is 0 Å². The van der Waals surface area contributed by atoms with Crippen LogP contribution in [0.5, 0.6) is 5.75 Å². The van der Waals surface area contributed by atoms with Crippen LogP contribution < -0.4 is 4.74 Å². The third kappa shape index (κ3) is 12.2. The summed E-state index contributed by atoms with van der Waals surface area (Å²) in [4.78, 5) is 12.7. The van der Waals surface area contributed by atoms with E-state index in [1.54, 1.807) is 36.4 Å². The van der Waals surface area contributed by atoms with Gasteiger partial charge in [-0.3, -0.25) is 4.79 Å². The van der Waals surface area contributed by atoms with E-state index in [0.29, 0.717) is 38.6 Å². The molecule has 0 aliphatic heterocycles. The van der Waals surface area contributed by atoms with Gasteiger partial charge in [0.05, 0.1) is 71.6 Å². The summed E-state index contributed by atoms with van der Waals surface area (Å²) < 4.78 is 59.2. The van der Waals surface area contributed by atoms with E-state index >= 15 is 0 Å². The minimum atomic E-state index is -3.63. The molecule has 8 nitrogen and oxygen atoms in total. The van der Waals surface area contributed by atoms with Gasteiger partial charge in [0, 0.05) is 5.56 Å². The maximum atomic E-state index is 14.3. The number of ketones is 1. The minimum Gasteiger partial charge on any atom is -0.430 e. The summed E-state index contributed by atoms with van der Waals surface area (Å²) in [7, 11) is 0. The van der Waals surface area contributed by atoms with Gasteiger partial charge in [0.2, 0.25) is 0 Å². The van der Waals surface area contributed by atoms with Crippen LogP contribution in [0.2, 0.25) is 0 Å². The highest BCUT2D eigenvalue weighted by atomic mass is 19.3. The number of rotatable bonds is 20. The number of hydrogen-bond donors (Lipinski definition) is 1. The van der Waals surface area contributed by atoms with Gasteiger partial charge >= 0.3 is 6.11 Å². The topological polar surface area (TPSA) is 92.7 Å². The van der Waals surface area contributed by atoms with Gasteiger partial charge in [0.1, 0.15) is 5.75 Å². The molecule has 0 fully saturated rings. The first-order valence-electron chi connectivity index (χ1n) is 11.3. The number of aliphatic hydroxyl groups is 1. The SMILES string of the molecule is O=C(c1ccccc1)c1ccccc1OC(F)(F)COCCOCCOCCOCCOCCO. The van der Waals surface area contributed by atoms with Crippen molar-refractivity contribution in [3.63, 3.8) is 0 Å². The Morgan fingerprint density at radius 3 is 1.74 bits per heavy atom. The number of halogens is 2. The Kier molecular flexibility index (Phi) is 14.0. The van der Waals surface area contributed by atoms with Crippen molar-refractivity contribution >= 4 is 5.78 Å². The molecule has 2 aromatic carbocycles. The maximum Gasteiger partial charge on any atom is 0.421 e. The second kappa shape index (κ2) is 17.0. The molecule has 2 aromatic rings. The Morgan fingerprint density at radius 1 is 0.686 bits per heavy atom. The van der Waals surface area contributed by atoms with Gasteiger partial charge in [-0.1, -0.05) is 42.5 Å². The van der Waals surface area contributed by atoms with Crippen molar-refractivity contribution in [2.45, 2.75) is 6.11 Å². The average Bonchev–Trinajstić information content (AvgIpc) is 2.86. The molecule has 10 heteroatoms. The van der Waals surface area contributed by atoms with Crippen molar-refractivity contribution in [3.05, 3.63) is 65.7 Å². The molecular weight excluding hydrogens is 466 g/mol. The molecule has 1 N–H and O–H groups in total. The number of para-hydroxylation sites is 1. The maximum absolute atomic E-state index is 14.3. The molecule has 0 amide bonds. The van der Waals surface area contributed by atoms with Gasteiger partial charge in [-0.15, -0.1) is 0 Å². The highest BCUT2D eigenvalue weighted by molar-refractivity contribution is 6.10. The van der Waals surface area contributed by atoms with Gasteiger partial charge in [0.25, 0.3) is 0 Å². The lowest BCUT2D eigenvalue weighted by molar-refractivity contribution is -0.213. The summed E-state index contributed by atoms with van der Waals surface area (Å²) in [6.07, 6.45) is -3.63. The Morgan fingerprint density at radius 2 is 1.17 bits per heavy atom. The van der Waals surface area contributed by atoms with Gasteiger partial charge < -0.3 is 33.5 Å². The van der Waals surface area contributed by atoms with E-state index in [1.807, 2.05) is 0 Å². The van der Waals surface area contributed by atoms with Crippen molar-refractivity contribution in [2.75, 3.05) is 72.7 Å². The molecule has 2 rings (SSSR count). The third-order valence-corrected chi connectivity index (χ3v) is 4.42. The number of alkyl halides is 2. The molecule has 35 heavy (non-hydrogen) atoms. The fraction of sp³-hybridized carbons (Fsp3) is 0.480. The molecule has 0 heterocycles. The zero-order valence-electron chi connectivity index (χ0n) is 19.5. The van der Waals surface area contributed by atoms with E-state index in [9.17, 15) is 13.6 Å². The molecule has 0 saturated carbocycles. The molecule has 0 aromatic heterocycles. The lowest BCUT2D eigenvalue weighted by atomic mass is 10.0. The summed E-state index contributed by atoms with van der Waals surface area (Å²) in [6.45, 7) is 1.57. The van der Waals surface area contributed by atoms with Crippen LogP contribution in [0, 0.1) is 0 Å². The lowest BCUT2D eigenvalue weighted by Crippen LogP contribution is -2.32. The van der Waals surface area contributed by atoms with Gasteiger partial charge in [-0.25, -0.2) is 0 Å². The fourth-order valence-electron chi connectivity index (χ4n) is 2.81. The van der Waals surface area contributed by atoms with Crippen LogP contribution in [0.1, 0.15) is 15.9 Å². The van der Waals surface area contributed by atoms with E-state index < -0.39 is 18.5 Å². The van der Waals surface area contributed by atoms with Crippen LogP contribution >= 0.6 is 0 Å². The minimum absolute atomic E-state index is 0.0176. The van der Waals surface area contributed by atoms with Crippen molar-refractivity contribution in [3.8, 4) is 5.75 Å². The Hall–Kier alpha value is -2.47. The van der Waals surface area contributed by atoms with E-state index in [-0.39, 0.29) is 44.3 Å². The summed E-state index contributed by atoms with van der Waals surface area (Å²) in [5, 5.41) is 8.55. The largest absolute Gasteiger partial charge is 0.430 e. The smallest absolute Gasteiger partial charge is 0.421 e. The van der Waals surface area contributed by atoms with E-state index in [2.05, 4.69) is 0 Å². The molecule has 194 valence electrons.